The molecule has 208 valence electrons. The lowest BCUT2D eigenvalue weighted by atomic mass is 9.93. The summed E-state index contributed by atoms with van der Waals surface area (Å²) in [4.78, 5) is 35.1. The number of hydrogen-bond acceptors (Lipinski definition) is 8. The predicted molar refractivity (Wildman–Crippen MR) is 162 cm³/mol. The van der Waals surface area contributed by atoms with Gasteiger partial charge < -0.3 is 19.1 Å². The Morgan fingerprint density at radius 1 is 1.12 bits per heavy atom. The van der Waals surface area contributed by atoms with Gasteiger partial charge in [-0.25, -0.2) is 9.79 Å². The topological polar surface area (TPSA) is 82.4 Å². The molecule has 0 fully saturated rings. The van der Waals surface area contributed by atoms with Crippen molar-refractivity contribution in [1.82, 2.24) is 4.57 Å². The van der Waals surface area contributed by atoms with Crippen molar-refractivity contribution in [1.29, 1.82) is 0 Å². The molecule has 8 nitrogen and oxygen atoms in total. The second-order valence-electron chi connectivity index (χ2n) is 9.65. The number of halogens is 1. The lowest BCUT2D eigenvalue weighted by Gasteiger charge is -2.26. The molecule has 6 rings (SSSR count). The van der Waals surface area contributed by atoms with Crippen LogP contribution in [0.3, 0.4) is 0 Å². The van der Waals surface area contributed by atoms with Crippen molar-refractivity contribution >= 4 is 50.7 Å². The van der Waals surface area contributed by atoms with Crippen LogP contribution in [0.1, 0.15) is 29.7 Å². The number of anilines is 1. The van der Waals surface area contributed by atoms with Crippen molar-refractivity contribution in [3.63, 3.8) is 0 Å². The first-order chi connectivity index (χ1) is 19.9. The van der Waals surface area contributed by atoms with E-state index in [4.69, 9.17) is 19.2 Å². The first-order valence-electron chi connectivity index (χ1n) is 13.0. The highest BCUT2D eigenvalue weighted by atomic mass is 79.9. The molecule has 0 saturated heterocycles. The number of ether oxygens (including phenoxy) is 3. The second-order valence-corrected chi connectivity index (χ2v) is 11.5. The maximum absolute atomic E-state index is 14.1. The van der Waals surface area contributed by atoms with E-state index < -0.39 is 12.0 Å². The third-order valence-electron chi connectivity index (χ3n) is 6.84. The van der Waals surface area contributed by atoms with Crippen molar-refractivity contribution in [2.24, 2.45) is 4.99 Å². The van der Waals surface area contributed by atoms with Crippen LogP contribution in [-0.4, -0.2) is 38.0 Å². The van der Waals surface area contributed by atoms with Crippen LogP contribution < -0.4 is 29.3 Å². The van der Waals surface area contributed by atoms with E-state index in [1.807, 2.05) is 85.7 Å². The molecule has 1 unspecified atom stereocenters. The van der Waals surface area contributed by atoms with Crippen LogP contribution >= 0.6 is 27.3 Å². The van der Waals surface area contributed by atoms with Crippen LogP contribution in [0.4, 0.5) is 5.69 Å². The maximum atomic E-state index is 14.1. The Hall–Kier alpha value is -4.15. The fraction of sp³-hybridized carbons (Fsp3) is 0.194. The van der Waals surface area contributed by atoms with Gasteiger partial charge >= 0.3 is 5.97 Å². The Labute approximate surface area is 248 Å². The summed E-state index contributed by atoms with van der Waals surface area (Å²) in [5.74, 6) is 0.630. The summed E-state index contributed by atoms with van der Waals surface area (Å²) in [6.07, 6.45) is 1.85. The molecule has 1 aromatic heterocycles. The zero-order valence-corrected chi connectivity index (χ0v) is 25.0. The minimum atomic E-state index is -0.792. The Balaban J connectivity index is 1.61. The van der Waals surface area contributed by atoms with Crippen LogP contribution in [-0.2, 0) is 9.53 Å². The molecule has 0 amide bonds. The number of nitrogens with zero attached hydrogens (tertiary/aromatic N) is 3. The monoisotopic (exact) mass is 631 g/mol. The number of fused-ring (bicyclic) bond motifs is 2. The molecule has 0 spiro atoms. The van der Waals surface area contributed by atoms with Crippen LogP contribution in [0.2, 0.25) is 0 Å². The maximum Gasteiger partial charge on any atom is 0.338 e. The number of aromatic nitrogens is 1. The van der Waals surface area contributed by atoms with E-state index in [0.717, 1.165) is 21.3 Å². The zero-order chi connectivity index (χ0) is 28.7. The molecule has 10 heteroatoms. The number of benzene rings is 3. The van der Waals surface area contributed by atoms with Gasteiger partial charge in [0, 0.05) is 24.1 Å². The highest BCUT2D eigenvalue weighted by molar-refractivity contribution is 9.10. The van der Waals surface area contributed by atoms with E-state index in [0.29, 0.717) is 32.1 Å². The molecule has 3 aromatic carbocycles. The van der Waals surface area contributed by atoms with Gasteiger partial charge in [0.25, 0.3) is 5.56 Å². The fourth-order valence-corrected chi connectivity index (χ4v) is 6.72. The van der Waals surface area contributed by atoms with Gasteiger partial charge in [0.05, 0.1) is 34.1 Å². The molecule has 0 aliphatic carbocycles. The first kappa shape index (κ1) is 27.0. The first-order valence-corrected chi connectivity index (χ1v) is 14.6. The number of thiazole rings is 1. The standard InChI is InChI=1S/C31H26BrN3O5S/c1-4-38-30(37)26-27(19-8-6-5-7-9-19)33-31-35(28(26)20-11-13-23-24(16-20)40-17-39-23)29(36)25(41-31)15-18-10-12-22(34(2)3)21(32)14-18/h5-16,28H,4,17H2,1-3H3/b25-15+. The molecule has 0 saturated carbocycles. The van der Waals surface area contributed by atoms with Gasteiger partial charge in [-0.05, 0) is 64.3 Å². The third kappa shape index (κ3) is 4.98. The van der Waals surface area contributed by atoms with E-state index in [-0.39, 0.29) is 24.5 Å². The van der Waals surface area contributed by atoms with E-state index in [9.17, 15) is 9.59 Å². The number of hydrogen-bond donors (Lipinski definition) is 0. The largest absolute Gasteiger partial charge is 0.463 e. The van der Waals surface area contributed by atoms with E-state index in [2.05, 4.69) is 15.9 Å². The summed E-state index contributed by atoms with van der Waals surface area (Å²) in [6, 6.07) is 20.1. The molecule has 0 N–H and O–H groups in total. The SMILES string of the molecule is CCOC(=O)C1=C(c2ccccc2)N=c2s/c(=C/c3ccc(N(C)C)c(Br)c3)c(=O)n2C1c1ccc2c(c1)OCO2. The van der Waals surface area contributed by atoms with Gasteiger partial charge in [-0.2, -0.15) is 0 Å². The van der Waals surface area contributed by atoms with Gasteiger partial charge in [-0.15, -0.1) is 0 Å². The van der Waals surface area contributed by atoms with Crippen molar-refractivity contribution in [3.05, 3.63) is 113 Å². The number of esters is 1. The average Bonchev–Trinajstić information content (AvgIpc) is 3.56. The fourth-order valence-electron chi connectivity index (χ4n) is 4.97. The van der Waals surface area contributed by atoms with Crippen LogP contribution in [0, 0.1) is 0 Å². The summed E-state index contributed by atoms with van der Waals surface area (Å²) >= 11 is 4.92. The third-order valence-corrected chi connectivity index (χ3v) is 8.46. The highest BCUT2D eigenvalue weighted by Crippen LogP contribution is 2.40. The smallest absolute Gasteiger partial charge is 0.338 e. The minimum Gasteiger partial charge on any atom is -0.463 e. The normalized spacial score (nSPS) is 15.9. The van der Waals surface area contributed by atoms with Crippen molar-refractivity contribution in [3.8, 4) is 11.5 Å². The Morgan fingerprint density at radius 3 is 2.63 bits per heavy atom. The molecule has 4 aromatic rings. The summed E-state index contributed by atoms with van der Waals surface area (Å²) < 4.78 is 19.7. The molecular formula is C31H26BrN3O5S. The molecular weight excluding hydrogens is 606 g/mol. The van der Waals surface area contributed by atoms with Crippen LogP contribution in [0.5, 0.6) is 11.5 Å². The highest BCUT2D eigenvalue weighted by Gasteiger charge is 2.36. The predicted octanol–water partition coefficient (Wildman–Crippen LogP) is 4.49. The summed E-state index contributed by atoms with van der Waals surface area (Å²) in [5.41, 5.74) is 3.83. The minimum absolute atomic E-state index is 0.111. The van der Waals surface area contributed by atoms with Gasteiger partial charge in [0.1, 0.15) is 0 Å². The van der Waals surface area contributed by atoms with Crippen molar-refractivity contribution in [2.75, 3.05) is 32.4 Å². The zero-order valence-electron chi connectivity index (χ0n) is 22.6. The van der Waals surface area contributed by atoms with Gasteiger partial charge in [0.15, 0.2) is 16.3 Å². The number of carbonyl (C=O) groups is 1. The molecule has 2 aliphatic rings. The van der Waals surface area contributed by atoms with E-state index >= 15 is 0 Å². The van der Waals surface area contributed by atoms with Crippen molar-refractivity contribution < 1.29 is 19.0 Å². The van der Waals surface area contributed by atoms with E-state index in [1.165, 1.54) is 11.3 Å². The Morgan fingerprint density at radius 2 is 1.90 bits per heavy atom. The van der Waals surface area contributed by atoms with Crippen LogP contribution in [0.15, 0.2) is 86.6 Å². The Kier molecular flexibility index (Phi) is 7.27. The molecule has 41 heavy (non-hydrogen) atoms. The second kappa shape index (κ2) is 11.0. The summed E-state index contributed by atoms with van der Waals surface area (Å²) in [7, 11) is 3.94. The van der Waals surface area contributed by atoms with Gasteiger partial charge in [-0.1, -0.05) is 53.8 Å². The molecule has 1 atom stereocenters. The molecule has 0 radical (unpaired) electrons. The lowest BCUT2D eigenvalue weighted by molar-refractivity contribution is -0.138. The lowest BCUT2D eigenvalue weighted by Crippen LogP contribution is -2.40. The molecule has 0 bridgehead atoms. The van der Waals surface area contributed by atoms with Crippen LogP contribution in [0.25, 0.3) is 11.8 Å². The average molecular weight is 633 g/mol. The Bertz CT molecular complexity index is 1880. The quantitative estimate of drug-likeness (QED) is 0.292. The number of carbonyl (C=O) groups excluding carboxylic acids is 1. The van der Waals surface area contributed by atoms with Gasteiger partial charge in [-0.3, -0.25) is 9.36 Å². The van der Waals surface area contributed by atoms with Gasteiger partial charge in [0.2, 0.25) is 6.79 Å². The summed E-state index contributed by atoms with van der Waals surface area (Å²) in [6.45, 7) is 2.05. The van der Waals surface area contributed by atoms with E-state index in [1.54, 1.807) is 17.6 Å². The van der Waals surface area contributed by atoms with Crippen molar-refractivity contribution in [2.45, 2.75) is 13.0 Å². The number of rotatable bonds is 6. The summed E-state index contributed by atoms with van der Waals surface area (Å²) in [5, 5.41) is 0. The molecule has 3 heterocycles. The molecule has 2 aliphatic heterocycles.